The van der Waals surface area contributed by atoms with Crippen molar-refractivity contribution < 1.29 is 17.7 Å². The second-order valence-corrected chi connectivity index (χ2v) is 6.96. The summed E-state index contributed by atoms with van der Waals surface area (Å²) in [6, 6.07) is 1.58. The zero-order valence-electron chi connectivity index (χ0n) is 12.8. The normalized spacial score (nSPS) is 11.8. The minimum absolute atomic E-state index is 0.0693. The molecule has 1 heterocycles. The van der Waals surface area contributed by atoms with Crippen molar-refractivity contribution in [1.29, 1.82) is 0 Å². The Morgan fingerprint density at radius 1 is 1.38 bits per heavy atom. The molecule has 21 heavy (non-hydrogen) atoms. The van der Waals surface area contributed by atoms with Crippen molar-refractivity contribution in [3.63, 3.8) is 0 Å². The van der Waals surface area contributed by atoms with Crippen LogP contribution in [-0.4, -0.2) is 42.6 Å². The van der Waals surface area contributed by atoms with Gasteiger partial charge in [-0.2, -0.15) is 4.31 Å². The van der Waals surface area contributed by atoms with Gasteiger partial charge in [0.25, 0.3) is 0 Å². The first-order valence-electron chi connectivity index (χ1n) is 7.10. The Hall–Kier alpha value is -1.41. The molecule has 0 aromatic carbocycles. The van der Waals surface area contributed by atoms with Crippen molar-refractivity contribution in [1.82, 2.24) is 9.46 Å². The summed E-state index contributed by atoms with van der Waals surface area (Å²) >= 11 is 0. The summed E-state index contributed by atoms with van der Waals surface area (Å²) < 4.78 is 30.4. The quantitative estimate of drug-likeness (QED) is 0.749. The number of nitrogens with one attached hydrogen (secondary N) is 1. The lowest BCUT2D eigenvalue weighted by Crippen LogP contribution is -2.39. The van der Waals surface area contributed by atoms with Gasteiger partial charge in [0.1, 0.15) is 5.76 Å². The topological polar surface area (TPSA) is 92.5 Å². The number of hydrogen-bond acceptors (Lipinski definition) is 5. The lowest BCUT2D eigenvalue weighted by atomic mass is 10.4. The average Bonchev–Trinajstić information content (AvgIpc) is 2.81. The predicted molar refractivity (Wildman–Crippen MR) is 80.4 cm³/mol. The Kier molecular flexibility index (Phi) is 6.83. The molecule has 0 bridgehead atoms. The molecule has 0 spiro atoms. The van der Waals surface area contributed by atoms with Gasteiger partial charge < -0.3 is 9.84 Å². The van der Waals surface area contributed by atoms with Crippen LogP contribution in [0.25, 0.3) is 0 Å². The van der Waals surface area contributed by atoms with E-state index in [9.17, 15) is 13.2 Å². The summed E-state index contributed by atoms with van der Waals surface area (Å²) in [7, 11) is -3.40. The van der Waals surface area contributed by atoms with Gasteiger partial charge in [0, 0.05) is 12.6 Å². The van der Waals surface area contributed by atoms with Crippen molar-refractivity contribution in [3.8, 4) is 0 Å². The van der Waals surface area contributed by atoms with Crippen molar-refractivity contribution in [2.24, 2.45) is 0 Å². The summed E-state index contributed by atoms with van der Waals surface area (Å²) in [5.74, 6) is 0.517. The number of hydrogen-bond donors (Lipinski definition) is 1. The van der Waals surface area contributed by atoms with Crippen molar-refractivity contribution in [3.05, 3.63) is 11.8 Å². The first kappa shape index (κ1) is 17.6. The van der Waals surface area contributed by atoms with E-state index in [1.807, 2.05) is 13.8 Å². The first-order chi connectivity index (χ1) is 9.89. The van der Waals surface area contributed by atoms with Gasteiger partial charge in [0.05, 0.1) is 12.3 Å². The lowest BCUT2D eigenvalue weighted by molar-refractivity contribution is -0.116. The average molecular weight is 317 g/mol. The molecule has 1 N–H and O–H groups in total. The molecule has 1 amide bonds. The second-order valence-electron chi connectivity index (χ2n) is 4.87. The fourth-order valence-electron chi connectivity index (χ4n) is 1.79. The molecule has 0 saturated carbocycles. The molecule has 0 atom stereocenters. The summed E-state index contributed by atoms with van der Waals surface area (Å²) in [6.07, 6.45) is 2.04. The SMILES string of the molecule is CCCCS(=O)(=O)N(CCC)CC(=O)Nc1cc(C)on1. The van der Waals surface area contributed by atoms with E-state index in [2.05, 4.69) is 10.5 Å². The van der Waals surface area contributed by atoms with Crippen LogP contribution in [0.5, 0.6) is 0 Å². The maximum absolute atomic E-state index is 12.2. The summed E-state index contributed by atoms with van der Waals surface area (Å²) in [4.78, 5) is 11.9. The highest BCUT2D eigenvalue weighted by Gasteiger charge is 2.23. The molecular weight excluding hydrogens is 294 g/mol. The second kappa shape index (κ2) is 8.14. The van der Waals surface area contributed by atoms with E-state index in [0.717, 1.165) is 6.42 Å². The zero-order chi connectivity index (χ0) is 15.9. The molecule has 8 heteroatoms. The Labute approximate surface area is 125 Å². The van der Waals surface area contributed by atoms with Crippen LogP contribution < -0.4 is 5.32 Å². The van der Waals surface area contributed by atoms with Crippen LogP contribution in [-0.2, 0) is 14.8 Å². The predicted octanol–water partition coefficient (Wildman–Crippen LogP) is 1.76. The Bertz CT molecular complexity index is 554. The van der Waals surface area contributed by atoms with E-state index in [0.29, 0.717) is 31.0 Å². The third-order valence-corrected chi connectivity index (χ3v) is 4.74. The number of carbonyl (C=O) groups is 1. The van der Waals surface area contributed by atoms with Gasteiger partial charge in [0.2, 0.25) is 15.9 Å². The van der Waals surface area contributed by atoms with Gasteiger partial charge in [-0.25, -0.2) is 8.42 Å². The fourth-order valence-corrected chi connectivity index (χ4v) is 3.48. The number of aromatic nitrogens is 1. The van der Waals surface area contributed by atoms with Crippen LogP contribution in [0.4, 0.5) is 5.82 Å². The minimum Gasteiger partial charge on any atom is -0.360 e. The van der Waals surface area contributed by atoms with Crippen LogP contribution in [0.3, 0.4) is 0 Å². The molecule has 0 radical (unpaired) electrons. The highest BCUT2D eigenvalue weighted by Crippen LogP contribution is 2.09. The molecule has 0 saturated heterocycles. The van der Waals surface area contributed by atoms with E-state index in [1.165, 1.54) is 4.31 Å². The summed E-state index contributed by atoms with van der Waals surface area (Å²) in [6.45, 7) is 5.64. The van der Waals surface area contributed by atoms with Crippen LogP contribution in [0.1, 0.15) is 38.9 Å². The van der Waals surface area contributed by atoms with Crippen molar-refractivity contribution in [2.45, 2.75) is 40.0 Å². The van der Waals surface area contributed by atoms with Gasteiger partial charge in [0.15, 0.2) is 5.82 Å². The highest BCUT2D eigenvalue weighted by molar-refractivity contribution is 7.89. The highest BCUT2D eigenvalue weighted by atomic mass is 32.2. The van der Waals surface area contributed by atoms with Gasteiger partial charge in [-0.15, -0.1) is 0 Å². The van der Waals surface area contributed by atoms with Gasteiger partial charge in [-0.05, 0) is 19.8 Å². The van der Waals surface area contributed by atoms with E-state index < -0.39 is 15.9 Å². The largest absolute Gasteiger partial charge is 0.360 e. The van der Waals surface area contributed by atoms with Gasteiger partial charge in [-0.1, -0.05) is 25.4 Å². The maximum Gasteiger partial charge on any atom is 0.240 e. The molecule has 0 unspecified atom stereocenters. The van der Waals surface area contributed by atoms with E-state index >= 15 is 0 Å². The lowest BCUT2D eigenvalue weighted by Gasteiger charge is -2.20. The van der Waals surface area contributed by atoms with E-state index in [1.54, 1.807) is 13.0 Å². The summed E-state index contributed by atoms with van der Waals surface area (Å²) in [5, 5.41) is 6.18. The smallest absolute Gasteiger partial charge is 0.240 e. The third-order valence-electron chi connectivity index (χ3n) is 2.84. The summed E-state index contributed by atoms with van der Waals surface area (Å²) in [5.41, 5.74) is 0. The monoisotopic (exact) mass is 317 g/mol. The van der Waals surface area contributed by atoms with Gasteiger partial charge in [-0.3, -0.25) is 4.79 Å². The molecular formula is C13H23N3O4S. The van der Waals surface area contributed by atoms with Crippen LogP contribution in [0.2, 0.25) is 0 Å². The van der Waals surface area contributed by atoms with Crippen LogP contribution >= 0.6 is 0 Å². The van der Waals surface area contributed by atoms with E-state index in [-0.39, 0.29) is 12.3 Å². The molecule has 120 valence electrons. The standard InChI is InChI=1S/C13H23N3O4S/c1-4-6-8-21(18,19)16(7-5-2)10-13(17)14-12-9-11(3)20-15-12/h9H,4-8,10H2,1-3H3,(H,14,15,17). The molecule has 0 aliphatic heterocycles. The number of nitrogens with zero attached hydrogens (tertiary/aromatic N) is 2. The number of amides is 1. The zero-order valence-corrected chi connectivity index (χ0v) is 13.6. The van der Waals surface area contributed by atoms with Crippen molar-refractivity contribution in [2.75, 3.05) is 24.2 Å². The molecule has 0 aliphatic rings. The molecule has 1 rings (SSSR count). The molecule has 7 nitrogen and oxygen atoms in total. The van der Waals surface area contributed by atoms with E-state index in [4.69, 9.17) is 4.52 Å². The molecule has 1 aromatic rings. The van der Waals surface area contributed by atoms with Crippen LogP contribution in [0, 0.1) is 6.92 Å². The third kappa shape index (κ3) is 5.84. The minimum atomic E-state index is -3.40. The Morgan fingerprint density at radius 3 is 2.62 bits per heavy atom. The fraction of sp³-hybridized carbons (Fsp3) is 0.692. The number of unbranched alkanes of at least 4 members (excludes halogenated alkanes) is 1. The van der Waals surface area contributed by atoms with Crippen molar-refractivity contribution >= 4 is 21.7 Å². The maximum atomic E-state index is 12.2. The molecule has 1 aromatic heterocycles. The first-order valence-corrected chi connectivity index (χ1v) is 8.71. The Morgan fingerprint density at radius 2 is 2.10 bits per heavy atom. The number of aryl methyl sites for hydroxylation is 1. The Balaban J connectivity index is 2.66. The molecule has 0 fully saturated rings. The number of rotatable bonds is 9. The number of carbonyl (C=O) groups excluding carboxylic acids is 1. The van der Waals surface area contributed by atoms with Gasteiger partial charge >= 0.3 is 0 Å². The number of sulfonamides is 1. The van der Waals surface area contributed by atoms with Crippen LogP contribution in [0.15, 0.2) is 10.6 Å². The molecule has 0 aliphatic carbocycles. The number of anilines is 1.